The van der Waals surface area contributed by atoms with Gasteiger partial charge in [0.15, 0.2) is 5.56 Å². The van der Waals surface area contributed by atoms with Gasteiger partial charge in [0.2, 0.25) is 0 Å². The highest BCUT2D eigenvalue weighted by Crippen LogP contribution is 2.30. The van der Waals surface area contributed by atoms with Crippen molar-refractivity contribution in [2.45, 2.75) is 31.0 Å². The summed E-state index contributed by atoms with van der Waals surface area (Å²) in [4.78, 5) is 0. The first-order chi connectivity index (χ1) is 12.2. The topological polar surface area (TPSA) is 47.9 Å². The summed E-state index contributed by atoms with van der Waals surface area (Å²) >= 11 is 6.06. The molecule has 0 amide bonds. The lowest BCUT2D eigenvalue weighted by molar-refractivity contribution is -0.0303. The molecule has 0 spiro atoms. The van der Waals surface area contributed by atoms with Crippen molar-refractivity contribution >= 4 is 11.6 Å². The fourth-order valence-corrected chi connectivity index (χ4v) is 3.20. The number of benzene rings is 2. The van der Waals surface area contributed by atoms with Crippen molar-refractivity contribution in [1.29, 1.82) is 0 Å². The van der Waals surface area contributed by atoms with E-state index in [4.69, 9.17) is 25.8 Å². The molecule has 0 radical (unpaired) electrons. The van der Waals surface area contributed by atoms with E-state index < -0.39 is 11.7 Å². The third-order valence-electron chi connectivity index (χ3n) is 4.31. The average Bonchev–Trinajstić information content (AvgIpc) is 2.91. The molecule has 1 saturated heterocycles. The minimum absolute atomic E-state index is 0.206. The van der Waals surface area contributed by atoms with E-state index in [0.717, 1.165) is 11.1 Å². The monoisotopic (exact) mass is 362 g/mol. The highest BCUT2D eigenvalue weighted by atomic mass is 35.5. The van der Waals surface area contributed by atoms with Crippen LogP contribution in [0.2, 0.25) is 0 Å². The van der Waals surface area contributed by atoms with Crippen molar-refractivity contribution in [1.82, 2.24) is 0 Å². The zero-order valence-corrected chi connectivity index (χ0v) is 14.7. The average molecular weight is 363 g/mol. The molecule has 1 N–H and O–H groups in total. The van der Waals surface area contributed by atoms with Crippen LogP contribution in [0.4, 0.5) is 0 Å². The quantitative estimate of drug-likeness (QED) is 0.731. The number of hydrogen-bond donors (Lipinski definition) is 1. The Bertz CT molecular complexity index is 622. The van der Waals surface area contributed by atoms with Gasteiger partial charge in [0.05, 0.1) is 32.5 Å². The van der Waals surface area contributed by atoms with E-state index in [2.05, 4.69) is 0 Å². The number of halogens is 1. The third kappa shape index (κ3) is 5.27. The summed E-state index contributed by atoms with van der Waals surface area (Å²) in [5.74, 6) is -0.206. The third-order valence-corrected chi connectivity index (χ3v) is 4.67. The molecule has 0 aromatic heterocycles. The van der Waals surface area contributed by atoms with Gasteiger partial charge in [-0.05, 0) is 11.1 Å². The number of hydrogen-bond acceptors (Lipinski definition) is 4. The van der Waals surface area contributed by atoms with Crippen LogP contribution in [0, 0.1) is 5.92 Å². The number of aliphatic hydroxyl groups is 1. The molecule has 2 aromatic carbocycles. The van der Waals surface area contributed by atoms with Crippen LogP contribution in [0.1, 0.15) is 11.1 Å². The number of aliphatic hydroxyl groups excluding tert-OH is 1. The first-order valence-electron chi connectivity index (χ1n) is 8.45. The second-order valence-electron chi connectivity index (χ2n) is 6.18. The predicted octanol–water partition coefficient (Wildman–Crippen LogP) is 3.36. The fraction of sp³-hybridized carbons (Fsp3) is 0.400. The lowest BCUT2D eigenvalue weighted by atomic mass is 10.0. The van der Waals surface area contributed by atoms with Crippen LogP contribution in [-0.4, -0.2) is 36.1 Å². The molecule has 1 unspecified atom stereocenters. The lowest BCUT2D eigenvalue weighted by Crippen LogP contribution is -2.32. The molecular formula is C20H23ClO4. The van der Waals surface area contributed by atoms with Gasteiger partial charge >= 0.3 is 0 Å². The summed E-state index contributed by atoms with van der Waals surface area (Å²) in [6, 6.07) is 19.9. The maximum atomic E-state index is 10.2. The lowest BCUT2D eigenvalue weighted by Gasteiger charge is -2.20. The van der Waals surface area contributed by atoms with Gasteiger partial charge in [-0.15, -0.1) is 0 Å². The Balaban J connectivity index is 1.47. The van der Waals surface area contributed by atoms with Gasteiger partial charge in [0.1, 0.15) is 6.10 Å². The second kappa shape index (κ2) is 9.32. The largest absolute Gasteiger partial charge is 0.389 e. The molecule has 1 aliphatic rings. The number of ether oxygens (including phenoxy) is 3. The van der Waals surface area contributed by atoms with Crippen molar-refractivity contribution in [2.24, 2.45) is 5.92 Å². The van der Waals surface area contributed by atoms with Gasteiger partial charge in [-0.25, -0.2) is 0 Å². The molecule has 2 aromatic rings. The van der Waals surface area contributed by atoms with E-state index >= 15 is 0 Å². The van der Waals surface area contributed by atoms with Crippen LogP contribution >= 0.6 is 11.6 Å². The van der Waals surface area contributed by atoms with Gasteiger partial charge in [-0.3, -0.25) is 0 Å². The van der Waals surface area contributed by atoms with Crippen LogP contribution in [0.3, 0.4) is 0 Å². The van der Waals surface area contributed by atoms with Crippen molar-refractivity contribution in [3.8, 4) is 0 Å². The number of alkyl halides is 1. The standard InChI is InChI=1S/C20H23ClO4/c21-20-19(22)17(13-23-11-15-7-3-1-4-8-15)18(25-20)14-24-12-16-9-5-2-6-10-16/h1-10,17-20,22H,11-14H2/t17-,18-,19-,20?/m1/s1. The van der Waals surface area contributed by atoms with Crippen LogP contribution in [-0.2, 0) is 27.4 Å². The van der Waals surface area contributed by atoms with E-state index in [1.165, 1.54) is 0 Å². The van der Waals surface area contributed by atoms with Gasteiger partial charge in [-0.2, -0.15) is 0 Å². The predicted molar refractivity (Wildman–Crippen MR) is 96.2 cm³/mol. The van der Waals surface area contributed by atoms with Crippen LogP contribution in [0.5, 0.6) is 0 Å². The minimum atomic E-state index is -0.761. The maximum absolute atomic E-state index is 10.2. The summed E-state index contributed by atoms with van der Waals surface area (Å²) in [5, 5.41) is 10.2. The van der Waals surface area contributed by atoms with Gasteiger partial charge in [0.25, 0.3) is 0 Å². The van der Waals surface area contributed by atoms with Gasteiger partial charge in [-0.1, -0.05) is 72.3 Å². The molecular weight excluding hydrogens is 340 g/mol. The molecule has 1 aliphatic heterocycles. The molecule has 0 aliphatic carbocycles. The van der Waals surface area contributed by atoms with E-state index in [0.29, 0.717) is 26.4 Å². The molecule has 0 bridgehead atoms. The van der Waals surface area contributed by atoms with Crippen molar-refractivity contribution in [2.75, 3.05) is 13.2 Å². The second-order valence-corrected chi connectivity index (χ2v) is 6.61. The van der Waals surface area contributed by atoms with E-state index in [9.17, 15) is 5.11 Å². The van der Waals surface area contributed by atoms with E-state index in [-0.39, 0.29) is 12.0 Å². The first kappa shape index (κ1) is 18.4. The zero-order valence-electron chi connectivity index (χ0n) is 14.0. The summed E-state index contributed by atoms with van der Waals surface area (Å²) in [6.45, 7) is 1.74. The highest BCUT2D eigenvalue weighted by molar-refractivity contribution is 6.20. The molecule has 0 saturated carbocycles. The van der Waals surface area contributed by atoms with Crippen molar-refractivity contribution in [3.63, 3.8) is 0 Å². The van der Waals surface area contributed by atoms with E-state index in [1.54, 1.807) is 0 Å². The van der Waals surface area contributed by atoms with Crippen LogP contribution < -0.4 is 0 Å². The molecule has 134 valence electrons. The normalized spacial score (nSPS) is 26.0. The Labute approximate surface area is 153 Å². The van der Waals surface area contributed by atoms with Crippen molar-refractivity contribution in [3.05, 3.63) is 71.8 Å². The molecule has 1 heterocycles. The molecule has 3 rings (SSSR count). The highest BCUT2D eigenvalue weighted by Gasteiger charge is 2.42. The Morgan fingerprint density at radius 3 is 1.92 bits per heavy atom. The van der Waals surface area contributed by atoms with Crippen LogP contribution in [0.15, 0.2) is 60.7 Å². The Hall–Kier alpha value is -1.43. The Morgan fingerprint density at radius 1 is 0.840 bits per heavy atom. The molecule has 25 heavy (non-hydrogen) atoms. The number of rotatable bonds is 8. The summed E-state index contributed by atoms with van der Waals surface area (Å²) in [5.41, 5.74) is 1.46. The molecule has 1 fully saturated rings. The minimum Gasteiger partial charge on any atom is -0.389 e. The van der Waals surface area contributed by atoms with Crippen molar-refractivity contribution < 1.29 is 19.3 Å². The summed E-state index contributed by atoms with van der Waals surface area (Å²) < 4.78 is 17.1. The molecule has 4 nitrogen and oxygen atoms in total. The summed E-state index contributed by atoms with van der Waals surface area (Å²) in [6.07, 6.45) is -1.04. The Kier molecular flexibility index (Phi) is 6.84. The SMILES string of the molecule is O[C@H]1C(Cl)O[C@H](COCc2ccccc2)[C@H]1COCc1ccccc1. The smallest absolute Gasteiger partial charge is 0.157 e. The Morgan fingerprint density at radius 2 is 1.36 bits per heavy atom. The van der Waals surface area contributed by atoms with Gasteiger partial charge in [0, 0.05) is 5.92 Å². The van der Waals surface area contributed by atoms with E-state index in [1.807, 2.05) is 60.7 Å². The molecule has 4 atom stereocenters. The molecule has 5 heteroatoms. The van der Waals surface area contributed by atoms with Gasteiger partial charge < -0.3 is 19.3 Å². The zero-order chi connectivity index (χ0) is 17.5. The first-order valence-corrected chi connectivity index (χ1v) is 8.88. The maximum Gasteiger partial charge on any atom is 0.157 e. The fourth-order valence-electron chi connectivity index (χ4n) is 2.89. The summed E-state index contributed by atoms with van der Waals surface area (Å²) in [7, 11) is 0. The van der Waals surface area contributed by atoms with Crippen LogP contribution in [0.25, 0.3) is 0 Å².